The molecule has 2 heterocycles. The van der Waals surface area contributed by atoms with Crippen LogP contribution in [0.4, 0.5) is 0 Å². The van der Waals surface area contributed by atoms with Gasteiger partial charge in [-0.3, -0.25) is 4.90 Å². The Kier molecular flexibility index (Phi) is 5.79. The molecule has 0 radical (unpaired) electrons. The summed E-state index contributed by atoms with van der Waals surface area (Å²) in [6.45, 7) is 9.87. The van der Waals surface area contributed by atoms with Gasteiger partial charge in [-0.15, -0.1) is 0 Å². The number of methoxy groups -OCH3 is 1. The van der Waals surface area contributed by atoms with Gasteiger partial charge in [0.05, 0.1) is 13.2 Å². The molecule has 2 aromatic carbocycles. The van der Waals surface area contributed by atoms with Crippen LogP contribution < -0.4 is 14.8 Å². The fraction of sp³-hybridized carbons (Fsp3) is 0.417. The van der Waals surface area contributed by atoms with Crippen molar-refractivity contribution in [3.63, 3.8) is 0 Å². The van der Waals surface area contributed by atoms with Crippen molar-refractivity contribution in [2.45, 2.75) is 39.5 Å². The lowest BCUT2D eigenvalue weighted by Crippen LogP contribution is -2.45. The fourth-order valence-electron chi connectivity index (χ4n) is 4.10. The molecule has 0 spiro atoms. The average molecular weight is 395 g/mol. The van der Waals surface area contributed by atoms with Crippen LogP contribution in [0.3, 0.4) is 0 Å². The topological polar surface area (TPSA) is 46.9 Å². The van der Waals surface area contributed by atoms with Crippen molar-refractivity contribution in [1.29, 1.82) is 0 Å². The molecule has 1 atom stereocenters. The van der Waals surface area contributed by atoms with E-state index in [1.165, 1.54) is 11.1 Å². The van der Waals surface area contributed by atoms with Crippen LogP contribution in [0.5, 0.6) is 11.5 Å². The second kappa shape index (κ2) is 8.47. The molecule has 1 aliphatic rings. The van der Waals surface area contributed by atoms with Gasteiger partial charge in [0.2, 0.25) is 0 Å². The molecule has 5 nitrogen and oxygen atoms in total. The maximum absolute atomic E-state index is 6.05. The number of aryl methyl sites for hydroxylation is 1. The van der Waals surface area contributed by atoms with Gasteiger partial charge in [0.1, 0.15) is 11.5 Å². The van der Waals surface area contributed by atoms with Crippen LogP contribution in [0.2, 0.25) is 0 Å². The van der Waals surface area contributed by atoms with Crippen LogP contribution in [0, 0.1) is 6.92 Å². The molecule has 1 aromatic heterocycles. The number of nitrogens with one attached hydrogen (secondary N) is 1. The van der Waals surface area contributed by atoms with E-state index in [0.717, 1.165) is 54.4 Å². The summed E-state index contributed by atoms with van der Waals surface area (Å²) in [7, 11) is 1.70. The molecule has 0 unspecified atom stereocenters. The molecule has 0 aliphatic carbocycles. The Hall–Kier alpha value is -2.50. The number of benzene rings is 2. The average Bonchev–Trinajstić information content (AvgIpc) is 3.07. The molecule has 29 heavy (non-hydrogen) atoms. The summed E-state index contributed by atoms with van der Waals surface area (Å²) in [5.74, 6) is 2.67. The van der Waals surface area contributed by atoms with Gasteiger partial charge >= 0.3 is 0 Å². The maximum Gasteiger partial charge on any atom is 0.176 e. The monoisotopic (exact) mass is 394 g/mol. The highest BCUT2D eigenvalue weighted by Crippen LogP contribution is 2.32. The Labute approximate surface area is 172 Å². The number of piperazine rings is 1. The molecule has 0 bridgehead atoms. The smallest absolute Gasteiger partial charge is 0.176 e. The first-order valence-electron chi connectivity index (χ1n) is 10.3. The van der Waals surface area contributed by atoms with Gasteiger partial charge in [0, 0.05) is 43.2 Å². The first-order chi connectivity index (χ1) is 14.0. The summed E-state index contributed by atoms with van der Waals surface area (Å²) >= 11 is 0. The molecule has 1 aliphatic heterocycles. The lowest BCUT2D eigenvalue weighted by Gasteiger charge is -2.34. The number of rotatable bonds is 6. The third-order valence-electron chi connectivity index (χ3n) is 5.31. The predicted molar refractivity (Wildman–Crippen MR) is 116 cm³/mol. The third kappa shape index (κ3) is 4.41. The Bertz CT molecular complexity index is 979. The molecule has 3 aromatic rings. The van der Waals surface area contributed by atoms with Crippen molar-refractivity contribution in [3.05, 3.63) is 59.4 Å². The zero-order valence-corrected chi connectivity index (χ0v) is 17.7. The fourth-order valence-corrected chi connectivity index (χ4v) is 4.10. The van der Waals surface area contributed by atoms with Crippen LogP contribution in [0.1, 0.15) is 36.8 Å². The number of hydrogen-bond donors (Lipinski definition) is 1. The number of ether oxygens (including phenoxy) is 2. The van der Waals surface area contributed by atoms with Gasteiger partial charge < -0.3 is 19.2 Å². The summed E-state index contributed by atoms with van der Waals surface area (Å²) in [5, 5.41) is 4.76. The summed E-state index contributed by atoms with van der Waals surface area (Å²) in [6.07, 6.45) is 0.161. The van der Waals surface area contributed by atoms with Crippen molar-refractivity contribution in [2.75, 3.05) is 26.7 Å². The minimum absolute atomic E-state index is 0.161. The Morgan fingerprint density at radius 1 is 1.17 bits per heavy atom. The summed E-state index contributed by atoms with van der Waals surface area (Å²) < 4.78 is 17.4. The van der Waals surface area contributed by atoms with Crippen molar-refractivity contribution in [3.8, 4) is 11.5 Å². The highest BCUT2D eigenvalue weighted by Gasteiger charge is 2.24. The van der Waals surface area contributed by atoms with Gasteiger partial charge in [-0.05, 0) is 50.6 Å². The highest BCUT2D eigenvalue weighted by molar-refractivity contribution is 5.84. The predicted octanol–water partition coefficient (Wildman–Crippen LogP) is 4.68. The van der Waals surface area contributed by atoms with E-state index in [9.17, 15) is 0 Å². The van der Waals surface area contributed by atoms with Crippen LogP contribution in [0.15, 0.2) is 46.9 Å². The van der Waals surface area contributed by atoms with E-state index in [0.29, 0.717) is 0 Å². The normalized spacial score (nSPS) is 17.8. The standard InChI is InChI=1S/C24H30N2O3/c1-16(2)28-22-8-6-5-7-20(22)21-15-26(10-9-25-21)14-18-12-19-11-17(3)29-24(19)23(13-18)27-4/h5-8,11-13,16,21,25H,9-10,14-15H2,1-4H3/t21-/m1/s1. The maximum atomic E-state index is 6.05. The van der Waals surface area contributed by atoms with Gasteiger partial charge in [-0.2, -0.15) is 0 Å². The Morgan fingerprint density at radius 3 is 2.79 bits per heavy atom. The minimum atomic E-state index is 0.161. The van der Waals surface area contributed by atoms with E-state index in [1.807, 2.05) is 13.0 Å². The second-order valence-corrected chi connectivity index (χ2v) is 8.02. The molecule has 1 fully saturated rings. The molecule has 5 heteroatoms. The van der Waals surface area contributed by atoms with E-state index >= 15 is 0 Å². The van der Waals surface area contributed by atoms with Crippen LogP contribution in [0.25, 0.3) is 11.0 Å². The van der Waals surface area contributed by atoms with E-state index in [1.54, 1.807) is 7.11 Å². The summed E-state index contributed by atoms with van der Waals surface area (Å²) in [4.78, 5) is 2.49. The number of fused-ring (bicyclic) bond motifs is 1. The molecule has 1 N–H and O–H groups in total. The number of furan rings is 1. The highest BCUT2D eigenvalue weighted by atomic mass is 16.5. The van der Waals surface area contributed by atoms with E-state index in [-0.39, 0.29) is 12.1 Å². The first-order valence-corrected chi connectivity index (χ1v) is 10.3. The van der Waals surface area contributed by atoms with Crippen molar-refractivity contribution in [2.24, 2.45) is 0 Å². The van der Waals surface area contributed by atoms with Crippen molar-refractivity contribution in [1.82, 2.24) is 10.2 Å². The van der Waals surface area contributed by atoms with E-state index in [2.05, 4.69) is 60.5 Å². The number of nitrogens with zero attached hydrogens (tertiary/aromatic N) is 1. The molecule has 0 saturated carbocycles. The van der Waals surface area contributed by atoms with Gasteiger partial charge in [0.25, 0.3) is 0 Å². The van der Waals surface area contributed by atoms with E-state index in [4.69, 9.17) is 13.9 Å². The minimum Gasteiger partial charge on any atom is -0.493 e. The van der Waals surface area contributed by atoms with Crippen molar-refractivity contribution >= 4 is 11.0 Å². The van der Waals surface area contributed by atoms with Crippen LogP contribution >= 0.6 is 0 Å². The second-order valence-electron chi connectivity index (χ2n) is 8.02. The largest absolute Gasteiger partial charge is 0.493 e. The van der Waals surface area contributed by atoms with Crippen molar-refractivity contribution < 1.29 is 13.9 Å². The van der Waals surface area contributed by atoms with E-state index < -0.39 is 0 Å². The molecule has 1 saturated heterocycles. The lowest BCUT2D eigenvalue weighted by atomic mass is 10.0. The molecule has 0 amide bonds. The SMILES string of the molecule is COc1cc(CN2CCN[C@@H](c3ccccc3OC(C)C)C2)cc2cc(C)oc12. The zero-order chi connectivity index (χ0) is 20.4. The number of para-hydroxylation sites is 1. The summed E-state index contributed by atoms with van der Waals surface area (Å²) in [6, 6.07) is 15.0. The van der Waals surface area contributed by atoms with Gasteiger partial charge in [0.15, 0.2) is 11.3 Å². The van der Waals surface area contributed by atoms with Crippen LogP contribution in [-0.4, -0.2) is 37.7 Å². The molecule has 154 valence electrons. The Morgan fingerprint density at radius 2 is 2.00 bits per heavy atom. The lowest BCUT2D eigenvalue weighted by molar-refractivity contribution is 0.186. The zero-order valence-electron chi connectivity index (χ0n) is 17.7. The number of hydrogen-bond acceptors (Lipinski definition) is 5. The Balaban J connectivity index is 1.53. The molecule has 4 rings (SSSR count). The quantitative estimate of drug-likeness (QED) is 0.658. The first kappa shape index (κ1) is 19.8. The van der Waals surface area contributed by atoms with Gasteiger partial charge in [-0.25, -0.2) is 0 Å². The van der Waals surface area contributed by atoms with Gasteiger partial charge in [-0.1, -0.05) is 18.2 Å². The molecular weight excluding hydrogens is 364 g/mol. The van der Waals surface area contributed by atoms with Crippen LogP contribution in [-0.2, 0) is 6.54 Å². The third-order valence-corrected chi connectivity index (χ3v) is 5.31. The molecular formula is C24H30N2O3. The summed E-state index contributed by atoms with van der Waals surface area (Å²) in [5.41, 5.74) is 3.29.